The lowest BCUT2D eigenvalue weighted by Gasteiger charge is -2.25. The SMILES string of the molecule is COC(C)(C)CCC(O)c1ccc(F)cc1C(F)(F)F. The fraction of sp³-hybridized carbons (Fsp3) is 0.571. The minimum atomic E-state index is -4.70. The van der Waals surface area contributed by atoms with E-state index in [0.717, 1.165) is 12.1 Å². The molecule has 0 spiro atoms. The van der Waals surface area contributed by atoms with Crippen molar-refractivity contribution in [2.45, 2.75) is 44.6 Å². The number of hydrogen-bond acceptors (Lipinski definition) is 2. The van der Waals surface area contributed by atoms with E-state index >= 15 is 0 Å². The lowest BCUT2D eigenvalue weighted by atomic mass is 9.94. The third-order valence-electron chi connectivity index (χ3n) is 3.25. The average Bonchev–Trinajstić information content (AvgIpc) is 2.35. The zero-order valence-electron chi connectivity index (χ0n) is 11.6. The molecule has 0 fully saturated rings. The molecule has 0 saturated heterocycles. The van der Waals surface area contributed by atoms with Crippen LogP contribution in [0, 0.1) is 5.82 Å². The van der Waals surface area contributed by atoms with E-state index in [1.807, 2.05) is 0 Å². The predicted octanol–water partition coefficient (Wildman–Crippen LogP) is 4.08. The normalized spacial score (nSPS) is 14.4. The van der Waals surface area contributed by atoms with Crippen LogP contribution in [0.5, 0.6) is 0 Å². The first-order chi connectivity index (χ1) is 9.07. The molecule has 0 amide bonds. The van der Waals surface area contributed by atoms with Crippen molar-refractivity contribution in [3.63, 3.8) is 0 Å². The number of rotatable bonds is 5. The summed E-state index contributed by atoms with van der Waals surface area (Å²) in [6.45, 7) is 3.55. The van der Waals surface area contributed by atoms with Gasteiger partial charge in [-0.2, -0.15) is 13.2 Å². The van der Waals surface area contributed by atoms with Crippen LogP contribution in [-0.2, 0) is 10.9 Å². The van der Waals surface area contributed by atoms with Gasteiger partial charge in [-0.1, -0.05) is 6.07 Å². The molecule has 1 rings (SSSR count). The summed E-state index contributed by atoms with van der Waals surface area (Å²) in [7, 11) is 1.49. The molecule has 0 heterocycles. The minimum absolute atomic E-state index is 0.0928. The maximum absolute atomic E-state index is 13.0. The van der Waals surface area contributed by atoms with Gasteiger partial charge in [0.15, 0.2) is 0 Å². The van der Waals surface area contributed by atoms with Crippen molar-refractivity contribution in [3.05, 3.63) is 35.1 Å². The first-order valence-corrected chi connectivity index (χ1v) is 6.17. The first kappa shape index (κ1) is 16.9. The minimum Gasteiger partial charge on any atom is -0.388 e. The van der Waals surface area contributed by atoms with E-state index in [-0.39, 0.29) is 12.0 Å². The van der Waals surface area contributed by atoms with Crippen LogP contribution in [0.15, 0.2) is 18.2 Å². The number of halogens is 4. The lowest BCUT2D eigenvalue weighted by molar-refractivity contribution is -0.139. The largest absolute Gasteiger partial charge is 0.416 e. The first-order valence-electron chi connectivity index (χ1n) is 6.17. The zero-order chi connectivity index (χ0) is 15.6. The van der Waals surface area contributed by atoms with Crippen molar-refractivity contribution >= 4 is 0 Å². The van der Waals surface area contributed by atoms with Gasteiger partial charge in [-0.15, -0.1) is 0 Å². The number of hydrogen-bond donors (Lipinski definition) is 1. The molecule has 0 radical (unpaired) electrons. The highest BCUT2D eigenvalue weighted by Crippen LogP contribution is 2.36. The highest BCUT2D eigenvalue weighted by molar-refractivity contribution is 5.32. The summed E-state index contributed by atoms with van der Waals surface area (Å²) in [5.74, 6) is -0.981. The van der Waals surface area contributed by atoms with Crippen LogP contribution in [0.25, 0.3) is 0 Å². The van der Waals surface area contributed by atoms with Crippen molar-refractivity contribution in [1.82, 2.24) is 0 Å². The molecular weight excluding hydrogens is 276 g/mol. The Morgan fingerprint density at radius 2 is 1.85 bits per heavy atom. The molecule has 0 aliphatic heterocycles. The Balaban J connectivity index is 2.96. The van der Waals surface area contributed by atoms with E-state index in [1.54, 1.807) is 13.8 Å². The third-order valence-corrected chi connectivity index (χ3v) is 3.25. The Morgan fingerprint density at radius 1 is 1.25 bits per heavy atom. The number of alkyl halides is 3. The van der Waals surface area contributed by atoms with Crippen LogP contribution in [0.4, 0.5) is 17.6 Å². The van der Waals surface area contributed by atoms with E-state index in [4.69, 9.17) is 4.74 Å². The Kier molecular flexibility index (Phi) is 5.15. The summed E-state index contributed by atoms with van der Waals surface area (Å²) in [5, 5.41) is 9.94. The second-order valence-corrected chi connectivity index (χ2v) is 5.25. The molecule has 1 N–H and O–H groups in total. The van der Waals surface area contributed by atoms with Gasteiger partial charge in [0.1, 0.15) is 5.82 Å². The van der Waals surface area contributed by atoms with Gasteiger partial charge in [-0.25, -0.2) is 4.39 Å². The third kappa shape index (κ3) is 4.45. The molecule has 0 aliphatic rings. The second-order valence-electron chi connectivity index (χ2n) is 5.25. The molecular formula is C14H18F4O2. The smallest absolute Gasteiger partial charge is 0.388 e. The summed E-state index contributed by atoms with van der Waals surface area (Å²) in [5.41, 5.74) is -2.00. The number of aliphatic hydroxyl groups is 1. The quantitative estimate of drug-likeness (QED) is 0.829. The van der Waals surface area contributed by atoms with Crippen molar-refractivity contribution in [1.29, 1.82) is 0 Å². The van der Waals surface area contributed by atoms with Gasteiger partial charge in [0.25, 0.3) is 0 Å². The van der Waals surface area contributed by atoms with Crippen LogP contribution in [0.3, 0.4) is 0 Å². The Bertz CT molecular complexity index is 455. The van der Waals surface area contributed by atoms with Crippen LogP contribution < -0.4 is 0 Å². The summed E-state index contributed by atoms with van der Waals surface area (Å²) in [6.07, 6.45) is -5.55. The van der Waals surface area contributed by atoms with E-state index in [2.05, 4.69) is 0 Å². The maximum atomic E-state index is 13.0. The molecule has 1 atom stereocenters. The summed E-state index contributed by atoms with van der Waals surface area (Å²) in [4.78, 5) is 0. The Hall–Kier alpha value is -1.14. The van der Waals surface area contributed by atoms with Gasteiger partial charge in [-0.05, 0) is 44.4 Å². The molecule has 20 heavy (non-hydrogen) atoms. The fourth-order valence-electron chi connectivity index (χ4n) is 1.81. The second kappa shape index (κ2) is 6.10. The van der Waals surface area contributed by atoms with Gasteiger partial charge in [0.2, 0.25) is 0 Å². The molecule has 0 saturated carbocycles. The lowest BCUT2D eigenvalue weighted by Crippen LogP contribution is -2.23. The number of benzene rings is 1. The molecule has 6 heteroatoms. The topological polar surface area (TPSA) is 29.5 Å². The van der Waals surface area contributed by atoms with Crippen LogP contribution in [-0.4, -0.2) is 17.8 Å². The van der Waals surface area contributed by atoms with Gasteiger partial charge in [-0.3, -0.25) is 0 Å². The molecule has 0 aromatic heterocycles. The summed E-state index contributed by atoms with van der Waals surface area (Å²) >= 11 is 0. The molecule has 114 valence electrons. The number of ether oxygens (including phenoxy) is 1. The molecule has 1 aromatic rings. The standard InChI is InChI=1S/C14H18F4O2/c1-13(2,20-3)7-6-12(19)10-5-4-9(15)8-11(10)14(16,17)18/h4-5,8,12,19H,6-7H2,1-3H3. The zero-order valence-corrected chi connectivity index (χ0v) is 11.6. The molecule has 0 aliphatic carbocycles. The highest BCUT2D eigenvalue weighted by Gasteiger charge is 2.35. The highest BCUT2D eigenvalue weighted by atomic mass is 19.4. The maximum Gasteiger partial charge on any atom is 0.416 e. The fourth-order valence-corrected chi connectivity index (χ4v) is 1.81. The summed E-state index contributed by atoms with van der Waals surface area (Å²) < 4.78 is 56.6. The van der Waals surface area contributed by atoms with Gasteiger partial charge in [0.05, 0.1) is 17.3 Å². The van der Waals surface area contributed by atoms with Gasteiger partial charge in [0, 0.05) is 7.11 Å². The molecule has 1 unspecified atom stereocenters. The monoisotopic (exact) mass is 294 g/mol. The number of aliphatic hydroxyl groups excluding tert-OH is 1. The van der Waals surface area contributed by atoms with Crippen molar-refractivity contribution in [3.8, 4) is 0 Å². The van der Waals surface area contributed by atoms with Crippen LogP contribution in [0.2, 0.25) is 0 Å². The van der Waals surface area contributed by atoms with E-state index in [1.165, 1.54) is 7.11 Å². The molecule has 1 aromatic carbocycles. The van der Waals surface area contributed by atoms with Crippen molar-refractivity contribution in [2.75, 3.05) is 7.11 Å². The number of methoxy groups -OCH3 is 1. The van der Waals surface area contributed by atoms with Crippen LogP contribution >= 0.6 is 0 Å². The predicted molar refractivity (Wildman–Crippen MR) is 66.7 cm³/mol. The summed E-state index contributed by atoms with van der Waals surface area (Å²) in [6, 6.07) is 2.29. The van der Waals surface area contributed by atoms with Crippen molar-refractivity contribution in [2.24, 2.45) is 0 Å². The van der Waals surface area contributed by atoms with Gasteiger partial charge >= 0.3 is 6.18 Å². The van der Waals surface area contributed by atoms with Crippen molar-refractivity contribution < 1.29 is 27.4 Å². The van der Waals surface area contributed by atoms with E-state index in [9.17, 15) is 22.7 Å². The molecule has 2 nitrogen and oxygen atoms in total. The Morgan fingerprint density at radius 3 is 2.35 bits per heavy atom. The average molecular weight is 294 g/mol. The Labute approximate surface area is 115 Å². The van der Waals surface area contributed by atoms with E-state index in [0.29, 0.717) is 12.5 Å². The van der Waals surface area contributed by atoms with Crippen LogP contribution in [0.1, 0.15) is 43.9 Å². The molecule has 0 bridgehead atoms. The van der Waals surface area contributed by atoms with Gasteiger partial charge < -0.3 is 9.84 Å². The van der Waals surface area contributed by atoms with E-state index < -0.39 is 29.3 Å².